The van der Waals surface area contributed by atoms with Crippen molar-refractivity contribution in [3.8, 4) is 0 Å². The van der Waals surface area contributed by atoms with Crippen LogP contribution in [0, 0.1) is 11.6 Å². The molecular weight excluding hydrogens is 634 g/mol. The summed E-state index contributed by atoms with van der Waals surface area (Å²) in [4.78, 5) is 22.0. The third kappa shape index (κ3) is 13.8. The zero-order chi connectivity index (χ0) is 28.6. The Balaban J connectivity index is 0.000000226. The molecule has 0 aromatic heterocycles. The lowest BCUT2D eigenvalue weighted by Crippen LogP contribution is -2.24. The van der Waals surface area contributed by atoms with E-state index < -0.39 is 5.97 Å². The van der Waals surface area contributed by atoms with Gasteiger partial charge in [-0.05, 0) is 70.8 Å². The summed E-state index contributed by atoms with van der Waals surface area (Å²) < 4.78 is 27.2. The lowest BCUT2D eigenvalue weighted by Gasteiger charge is -2.06. The lowest BCUT2D eigenvalue weighted by atomic mass is 10.1. The standard InChI is InChI=1S/C15H13BrFNO.C8H7BrO2.C7H8FN/c16-13-6-4-11(5-7-13)9-15(19)18-10-12-2-1-3-14(17)8-12;9-7-3-1-6(2-4-7)5-8(10)11;8-7-3-1-2-6(4-7)5-9/h1-8H,9-10H2,(H,18,19);1-4H,5H2,(H,10,11);1-4H,5,9H2. The predicted octanol–water partition coefficient (Wildman–Crippen LogP) is 6.81. The number of carboxylic acids is 1. The Labute approximate surface area is 243 Å². The number of nitrogens with one attached hydrogen (secondary N) is 1. The molecule has 0 atom stereocenters. The summed E-state index contributed by atoms with van der Waals surface area (Å²) in [6.45, 7) is 0.741. The first-order valence-corrected chi connectivity index (χ1v) is 13.4. The maximum absolute atomic E-state index is 13.0. The van der Waals surface area contributed by atoms with Crippen molar-refractivity contribution >= 4 is 43.7 Å². The van der Waals surface area contributed by atoms with Gasteiger partial charge in [0.15, 0.2) is 0 Å². The van der Waals surface area contributed by atoms with Gasteiger partial charge >= 0.3 is 5.97 Å². The van der Waals surface area contributed by atoms with E-state index in [1.165, 1.54) is 24.3 Å². The van der Waals surface area contributed by atoms with Crippen LogP contribution in [-0.4, -0.2) is 17.0 Å². The minimum atomic E-state index is -0.799. The Morgan fingerprint density at radius 1 is 0.692 bits per heavy atom. The molecule has 0 aliphatic rings. The number of hydrogen-bond donors (Lipinski definition) is 3. The largest absolute Gasteiger partial charge is 0.481 e. The number of nitrogens with two attached hydrogens (primary N) is 1. The fraction of sp³-hybridized carbons (Fsp3) is 0.133. The zero-order valence-electron chi connectivity index (χ0n) is 20.9. The Kier molecular flexibility index (Phi) is 14.1. The van der Waals surface area contributed by atoms with E-state index in [-0.39, 0.29) is 24.0 Å². The van der Waals surface area contributed by atoms with Gasteiger partial charge in [-0.2, -0.15) is 0 Å². The Morgan fingerprint density at radius 3 is 1.59 bits per heavy atom. The highest BCUT2D eigenvalue weighted by Gasteiger charge is 2.04. The van der Waals surface area contributed by atoms with Crippen molar-refractivity contribution in [1.82, 2.24) is 5.32 Å². The summed E-state index contributed by atoms with van der Waals surface area (Å²) in [7, 11) is 0. The summed E-state index contributed by atoms with van der Waals surface area (Å²) in [6, 6.07) is 27.3. The molecule has 0 fully saturated rings. The maximum Gasteiger partial charge on any atom is 0.307 e. The van der Waals surface area contributed by atoms with Crippen molar-refractivity contribution < 1.29 is 23.5 Å². The topological polar surface area (TPSA) is 92.4 Å². The quantitative estimate of drug-likeness (QED) is 0.203. The van der Waals surface area contributed by atoms with Gasteiger partial charge in [0.2, 0.25) is 5.91 Å². The van der Waals surface area contributed by atoms with Gasteiger partial charge in [-0.3, -0.25) is 9.59 Å². The van der Waals surface area contributed by atoms with Crippen molar-refractivity contribution in [3.63, 3.8) is 0 Å². The number of halogens is 4. The van der Waals surface area contributed by atoms with Gasteiger partial charge in [0.1, 0.15) is 11.6 Å². The summed E-state index contributed by atoms with van der Waals surface area (Å²) in [6.07, 6.45) is 0.413. The number of rotatable bonds is 7. The van der Waals surface area contributed by atoms with Crippen LogP contribution < -0.4 is 11.1 Å². The summed E-state index contributed by atoms with van der Waals surface area (Å²) >= 11 is 6.61. The van der Waals surface area contributed by atoms with E-state index in [4.69, 9.17) is 10.8 Å². The second-order valence-corrected chi connectivity index (χ2v) is 10.1. The highest BCUT2D eigenvalue weighted by molar-refractivity contribution is 9.10. The smallest absolute Gasteiger partial charge is 0.307 e. The minimum absolute atomic E-state index is 0.0772. The second-order valence-electron chi connectivity index (χ2n) is 8.24. The van der Waals surface area contributed by atoms with Gasteiger partial charge in [-0.15, -0.1) is 0 Å². The number of amides is 1. The van der Waals surface area contributed by atoms with E-state index in [0.717, 1.165) is 31.2 Å². The molecule has 0 aliphatic carbocycles. The number of aliphatic carboxylic acids is 1. The average molecular weight is 662 g/mol. The molecule has 0 unspecified atom stereocenters. The fourth-order valence-electron chi connectivity index (χ4n) is 3.14. The fourth-order valence-corrected chi connectivity index (χ4v) is 3.67. The van der Waals surface area contributed by atoms with Crippen molar-refractivity contribution in [2.24, 2.45) is 5.73 Å². The summed E-state index contributed by atoms with van der Waals surface area (Å²) in [5.41, 5.74) is 8.60. The van der Waals surface area contributed by atoms with Crippen LogP contribution in [0.2, 0.25) is 0 Å². The maximum atomic E-state index is 13.0. The number of carbonyl (C=O) groups is 2. The SMILES string of the molecule is NCc1cccc(F)c1.O=C(Cc1ccc(Br)cc1)NCc1cccc(F)c1.O=C(O)Cc1ccc(Br)cc1. The summed E-state index contributed by atoms with van der Waals surface area (Å²) in [5, 5.41) is 11.2. The van der Waals surface area contributed by atoms with Crippen LogP contribution in [-0.2, 0) is 35.5 Å². The molecule has 4 aromatic rings. The second kappa shape index (κ2) is 17.2. The van der Waals surface area contributed by atoms with Crippen LogP contribution in [0.25, 0.3) is 0 Å². The van der Waals surface area contributed by atoms with E-state index >= 15 is 0 Å². The van der Waals surface area contributed by atoms with Crippen molar-refractivity contribution in [1.29, 1.82) is 0 Å². The van der Waals surface area contributed by atoms with Gasteiger partial charge in [0.25, 0.3) is 0 Å². The van der Waals surface area contributed by atoms with E-state index in [1.54, 1.807) is 36.4 Å². The van der Waals surface area contributed by atoms with E-state index in [0.29, 0.717) is 19.5 Å². The van der Waals surface area contributed by atoms with Gasteiger partial charge in [-0.1, -0.05) is 80.4 Å². The molecule has 0 radical (unpaired) electrons. The van der Waals surface area contributed by atoms with Crippen LogP contribution in [0.1, 0.15) is 22.3 Å². The Morgan fingerprint density at radius 2 is 1.15 bits per heavy atom. The molecule has 39 heavy (non-hydrogen) atoms. The number of carbonyl (C=O) groups excluding carboxylic acids is 1. The first kappa shape index (κ1) is 31.8. The molecule has 0 aliphatic heterocycles. The summed E-state index contributed by atoms with van der Waals surface area (Å²) in [5.74, 6) is -1.39. The molecule has 5 nitrogen and oxygen atoms in total. The predicted molar refractivity (Wildman–Crippen MR) is 156 cm³/mol. The monoisotopic (exact) mass is 660 g/mol. The molecule has 0 heterocycles. The lowest BCUT2D eigenvalue weighted by molar-refractivity contribution is -0.136. The van der Waals surface area contributed by atoms with Crippen LogP contribution in [0.5, 0.6) is 0 Å². The van der Waals surface area contributed by atoms with Gasteiger partial charge in [-0.25, -0.2) is 8.78 Å². The minimum Gasteiger partial charge on any atom is -0.481 e. The highest BCUT2D eigenvalue weighted by atomic mass is 79.9. The van der Waals surface area contributed by atoms with Gasteiger partial charge < -0.3 is 16.2 Å². The highest BCUT2D eigenvalue weighted by Crippen LogP contribution is 2.12. The van der Waals surface area contributed by atoms with Crippen molar-refractivity contribution in [3.05, 3.63) is 140 Å². The average Bonchev–Trinajstić information content (AvgIpc) is 2.91. The molecule has 0 spiro atoms. The molecular formula is C30H28Br2F2N2O3. The third-order valence-electron chi connectivity index (χ3n) is 5.05. The van der Waals surface area contributed by atoms with E-state index in [1.807, 2.05) is 36.4 Å². The first-order chi connectivity index (χ1) is 18.6. The number of benzene rings is 4. The van der Waals surface area contributed by atoms with Crippen molar-refractivity contribution in [2.45, 2.75) is 25.9 Å². The Hall–Kier alpha value is -3.40. The Bertz CT molecular complexity index is 1330. The molecule has 204 valence electrons. The van der Waals surface area contributed by atoms with Crippen molar-refractivity contribution in [2.75, 3.05) is 0 Å². The molecule has 4 N–H and O–H groups in total. The molecule has 0 saturated carbocycles. The van der Waals surface area contributed by atoms with Crippen LogP contribution in [0.3, 0.4) is 0 Å². The normalized spacial score (nSPS) is 9.87. The molecule has 9 heteroatoms. The molecule has 4 aromatic carbocycles. The molecule has 0 bridgehead atoms. The third-order valence-corrected chi connectivity index (χ3v) is 6.11. The van der Waals surface area contributed by atoms with E-state index in [9.17, 15) is 18.4 Å². The number of hydrogen-bond acceptors (Lipinski definition) is 3. The van der Waals surface area contributed by atoms with Crippen LogP contribution in [0.15, 0.2) is 106 Å². The molecule has 0 saturated heterocycles. The van der Waals surface area contributed by atoms with Crippen LogP contribution in [0.4, 0.5) is 8.78 Å². The number of carboxylic acid groups (broad SMARTS) is 1. The first-order valence-electron chi connectivity index (χ1n) is 11.8. The zero-order valence-corrected chi connectivity index (χ0v) is 24.1. The van der Waals surface area contributed by atoms with Gasteiger partial charge in [0, 0.05) is 22.0 Å². The van der Waals surface area contributed by atoms with Crippen LogP contribution >= 0.6 is 31.9 Å². The van der Waals surface area contributed by atoms with Gasteiger partial charge in [0.05, 0.1) is 12.8 Å². The molecule has 4 rings (SSSR count). The van der Waals surface area contributed by atoms with E-state index in [2.05, 4.69) is 37.2 Å². The molecule has 1 amide bonds.